The van der Waals surface area contributed by atoms with Crippen molar-refractivity contribution in [2.75, 3.05) is 0 Å². The molecular weight excluding hydrogens is 1490 g/mol. The number of rotatable bonds is 5. The minimum atomic E-state index is -4.48. The fourth-order valence-electron chi connectivity index (χ4n) is 5.36. The zero-order valence-corrected chi connectivity index (χ0v) is 52.9. The largest absolute Gasteiger partial charge is 0.420 e. The normalized spacial score (nSPS) is 12.2. The lowest BCUT2D eigenvalue weighted by molar-refractivity contribution is -0.137. The molecule has 8 aromatic rings. The lowest BCUT2D eigenvalue weighted by Crippen LogP contribution is -2.16. The van der Waals surface area contributed by atoms with E-state index in [1.165, 1.54) is 0 Å². The molecular formula is C44H20BrCl18F3N12O. The number of benzene rings is 4. The molecule has 0 atom stereocenters. The Hall–Kier alpha value is -1.97. The third kappa shape index (κ3) is 20.9. The molecule has 0 amide bonds. The number of nitrogens with zero attached hydrogens (tertiary/aromatic N) is 12. The highest BCUT2D eigenvalue weighted by molar-refractivity contribution is 9.08. The molecule has 0 aliphatic rings. The number of hydrogen-bond acceptors (Lipinski definition) is 12. The summed E-state index contributed by atoms with van der Waals surface area (Å²) in [5.74, 6) is 0.233. The minimum absolute atomic E-state index is 0.110. The van der Waals surface area contributed by atoms with Gasteiger partial charge in [0.1, 0.15) is 0 Å². The maximum absolute atomic E-state index is 12.6. The second kappa shape index (κ2) is 28.3. The summed E-state index contributed by atoms with van der Waals surface area (Å²) in [5.41, 5.74) is 1.99. The van der Waals surface area contributed by atoms with Crippen molar-refractivity contribution in [2.24, 2.45) is 0 Å². The Morgan fingerprint density at radius 3 is 0.949 bits per heavy atom. The molecule has 35 heteroatoms. The van der Waals surface area contributed by atoms with Crippen LogP contribution in [0.25, 0.3) is 50.5 Å². The Labute approximate surface area is 544 Å². The summed E-state index contributed by atoms with van der Waals surface area (Å²) in [4.78, 5) is 39.0. The minimum Gasteiger partial charge on any atom is -0.420 e. The first-order valence-corrected chi connectivity index (χ1v) is 28.3. The van der Waals surface area contributed by atoms with Crippen LogP contribution in [0.2, 0.25) is 0 Å². The van der Waals surface area contributed by atoms with Gasteiger partial charge in [-0.2, -0.15) is 13.2 Å². The Morgan fingerprint density at radius 2 is 0.684 bits per heavy atom. The van der Waals surface area contributed by atoms with Crippen LogP contribution < -0.4 is 0 Å². The Balaban J connectivity index is 0.000000197. The molecule has 13 nitrogen and oxygen atoms in total. The standard InChI is InChI=1S/C12H4Cl6F3N3.C12H4Cl6N4.C11H5Cl6N3.C9H7BrN2O/c13-10(14,15)8-22-7(23-9(24-8)11(16,17)18)5-1-3-6(4-2-5)12(19,20)21;1-19-7-4-2-6(3-5-7)8-20-9(11(13,14)15)22-10(21-8)12(16,17)18;12-10(13,14)8-18-7(6-4-2-1-3-5-6)19-9(20-8)11(15,16)17;10-6-8-11-12-9(13-8)7-4-2-1-3-5-7/h1-4H;2-5H;1-5H;1-5H,6H2. The van der Waals surface area contributed by atoms with Crippen LogP contribution in [0.5, 0.6) is 0 Å². The summed E-state index contributed by atoms with van der Waals surface area (Å²) in [5, 5.41) is 8.35. The molecule has 416 valence electrons. The van der Waals surface area contributed by atoms with Gasteiger partial charge < -0.3 is 4.42 Å². The highest BCUT2D eigenvalue weighted by Crippen LogP contribution is 2.44. The van der Waals surface area contributed by atoms with Crippen LogP contribution in [0.15, 0.2) is 114 Å². The lowest BCUT2D eigenvalue weighted by Gasteiger charge is -2.15. The van der Waals surface area contributed by atoms with E-state index >= 15 is 0 Å². The second-order valence-electron chi connectivity index (χ2n) is 14.5. The third-order valence-corrected chi connectivity index (χ3v) is 12.3. The summed E-state index contributed by atoms with van der Waals surface area (Å²) >= 11 is 107. The fourth-order valence-corrected chi connectivity index (χ4v) is 7.11. The van der Waals surface area contributed by atoms with Crippen LogP contribution in [0.4, 0.5) is 18.9 Å². The molecule has 4 aromatic heterocycles. The maximum Gasteiger partial charge on any atom is 0.416 e. The van der Waals surface area contributed by atoms with Gasteiger partial charge >= 0.3 is 6.18 Å². The van der Waals surface area contributed by atoms with Crippen molar-refractivity contribution in [3.63, 3.8) is 0 Å². The molecule has 4 heterocycles. The predicted octanol–water partition coefficient (Wildman–Crippen LogP) is 19.8. The third-order valence-electron chi connectivity index (χ3n) is 8.79. The van der Waals surface area contributed by atoms with E-state index in [4.69, 9.17) is 220 Å². The van der Waals surface area contributed by atoms with Crippen LogP contribution in [0.1, 0.15) is 46.4 Å². The molecule has 4 aromatic carbocycles. The van der Waals surface area contributed by atoms with Crippen molar-refractivity contribution in [1.29, 1.82) is 0 Å². The summed E-state index contributed by atoms with van der Waals surface area (Å²) in [6, 6.07) is 29.1. The Bertz CT molecular complexity index is 3260. The molecule has 0 saturated carbocycles. The molecule has 0 N–H and O–H groups in total. The van der Waals surface area contributed by atoms with Crippen molar-refractivity contribution in [3.05, 3.63) is 167 Å². The highest BCUT2D eigenvalue weighted by atomic mass is 79.9. The number of alkyl halides is 22. The number of halogens is 22. The van der Waals surface area contributed by atoms with Gasteiger partial charge in [-0.3, -0.25) is 0 Å². The average molecular weight is 1510 g/mol. The van der Waals surface area contributed by atoms with Crippen molar-refractivity contribution >= 4 is 230 Å². The SMILES string of the molecule is BrCc1nnc(-c2ccccc2)o1.ClC(Cl)(Cl)c1nc(-c2ccccc2)nc(C(Cl)(Cl)Cl)n1.FC(F)(F)c1ccc(-c2nc(C(Cl)(Cl)Cl)nc(C(Cl)(Cl)Cl)n2)cc1.[C-]#[N+]c1ccc(-c2nc(C(Cl)(Cl)Cl)nc(C(Cl)(Cl)Cl)n2)cc1. The second-order valence-corrected chi connectivity index (χ2v) is 28.8. The zero-order valence-electron chi connectivity index (χ0n) is 37.7. The molecule has 0 radical (unpaired) electrons. The van der Waals surface area contributed by atoms with Gasteiger partial charge in [-0.05, 0) is 24.3 Å². The van der Waals surface area contributed by atoms with E-state index < -0.39 is 34.5 Å². The summed E-state index contributed by atoms with van der Waals surface area (Å²) in [6.45, 7) is 6.93. The first kappa shape index (κ1) is 67.8. The van der Waals surface area contributed by atoms with Gasteiger partial charge in [0.2, 0.25) is 34.5 Å². The Kier molecular flexibility index (Phi) is 24.3. The average Bonchev–Trinajstić information content (AvgIpc) is 3.89. The van der Waals surface area contributed by atoms with Gasteiger partial charge in [-0.25, -0.2) is 49.7 Å². The van der Waals surface area contributed by atoms with Crippen LogP contribution in [0.3, 0.4) is 0 Å². The summed E-state index contributed by atoms with van der Waals surface area (Å²) < 4.78 is 31.6. The molecule has 79 heavy (non-hydrogen) atoms. The zero-order chi connectivity index (χ0) is 58.9. The van der Waals surface area contributed by atoms with Gasteiger partial charge in [0.25, 0.3) is 0 Å². The van der Waals surface area contributed by atoms with Gasteiger partial charge in [0, 0.05) is 22.3 Å². The van der Waals surface area contributed by atoms with E-state index in [1.54, 1.807) is 36.4 Å². The van der Waals surface area contributed by atoms with Crippen molar-refractivity contribution < 1.29 is 17.6 Å². The smallest absolute Gasteiger partial charge is 0.416 e. The molecule has 8 rings (SSSR count). The van der Waals surface area contributed by atoms with E-state index in [0.717, 1.165) is 29.8 Å². The monoisotopic (exact) mass is 1500 g/mol. The van der Waals surface area contributed by atoms with Crippen molar-refractivity contribution in [2.45, 2.75) is 34.3 Å². The first-order valence-electron chi connectivity index (χ1n) is 20.3. The molecule has 0 bridgehead atoms. The van der Waals surface area contributed by atoms with Crippen molar-refractivity contribution in [1.82, 2.24) is 55.1 Å². The number of hydrogen-bond donors (Lipinski definition) is 0. The van der Waals surface area contributed by atoms with Crippen LogP contribution in [-0.2, 0) is 34.3 Å². The van der Waals surface area contributed by atoms with Crippen LogP contribution in [0, 0.1) is 6.57 Å². The lowest BCUT2D eigenvalue weighted by atomic mass is 10.1. The quantitative estimate of drug-likeness (QED) is 0.119. The van der Waals surface area contributed by atoms with E-state index in [2.05, 4.69) is 75.8 Å². The van der Waals surface area contributed by atoms with Gasteiger partial charge in [0.05, 0.1) is 17.5 Å². The summed E-state index contributed by atoms with van der Waals surface area (Å²) in [6.07, 6.45) is -4.48. The molecule has 0 unspecified atom stereocenters. The van der Waals surface area contributed by atoms with Crippen LogP contribution >= 0.6 is 225 Å². The van der Waals surface area contributed by atoms with E-state index in [9.17, 15) is 13.2 Å². The molecule has 0 aliphatic heterocycles. The van der Waals surface area contributed by atoms with E-state index in [1.807, 2.05) is 48.5 Å². The van der Waals surface area contributed by atoms with Crippen molar-refractivity contribution in [3.8, 4) is 45.6 Å². The van der Waals surface area contributed by atoms with Crippen LogP contribution in [-0.4, -0.2) is 55.1 Å². The molecule has 0 spiro atoms. The topological polar surface area (TPSA) is 159 Å². The highest BCUT2D eigenvalue weighted by Gasteiger charge is 2.37. The van der Waals surface area contributed by atoms with Gasteiger partial charge in [-0.15, -0.1) is 10.2 Å². The Morgan fingerprint density at radius 1 is 0.392 bits per heavy atom. The predicted molar refractivity (Wildman–Crippen MR) is 315 cm³/mol. The fraction of sp³-hybridized carbons (Fsp3) is 0.182. The van der Waals surface area contributed by atoms with Gasteiger partial charge in [0.15, 0.2) is 58.1 Å². The first-order chi connectivity index (χ1) is 36.5. The summed E-state index contributed by atoms with van der Waals surface area (Å²) in [7, 11) is 0. The maximum atomic E-state index is 12.6. The molecule has 0 saturated heterocycles. The molecule has 0 fully saturated rings. The molecule has 0 aliphatic carbocycles. The van der Waals surface area contributed by atoms with E-state index in [-0.39, 0.29) is 58.0 Å². The van der Waals surface area contributed by atoms with E-state index in [0.29, 0.717) is 33.9 Å². The van der Waals surface area contributed by atoms with Gasteiger partial charge in [-0.1, -0.05) is 310 Å². The number of aromatic nitrogens is 11.